The fourth-order valence-electron chi connectivity index (χ4n) is 2.62. The van der Waals surface area contributed by atoms with Gasteiger partial charge in [-0.15, -0.1) is 0 Å². The maximum absolute atomic E-state index is 9.47. The number of hydrogen-bond acceptors (Lipinski definition) is 2. The molecule has 0 radical (unpaired) electrons. The molecule has 1 aromatic rings. The van der Waals surface area contributed by atoms with Crippen molar-refractivity contribution < 1.29 is 5.11 Å². The van der Waals surface area contributed by atoms with Crippen molar-refractivity contribution in [1.29, 1.82) is 0 Å². The lowest BCUT2D eigenvalue weighted by Crippen LogP contribution is -2.43. The van der Waals surface area contributed by atoms with Crippen LogP contribution in [0.4, 0.5) is 5.69 Å². The lowest BCUT2D eigenvalue weighted by atomic mass is 9.69. The van der Waals surface area contributed by atoms with Gasteiger partial charge in [-0.1, -0.05) is 24.6 Å². The molecule has 0 aromatic heterocycles. The number of aryl methyl sites for hydroxylation is 1. The van der Waals surface area contributed by atoms with Crippen LogP contribution in [0.3, 0.4) is 0 Å². The largest absolute Gasteiger partial charge is 0.396 e. The SMILES string of the molecule is Cc1ccccc1N(C)CC1(CO)CCC1. The molecule has 0 heterocycles. The van der Waals surface area contributed by atoms with Crippen LogP contribution in [0.25, 0.3) is 0 Å². The summed E-state index contributed by atoms with van der Waals surface area (Å²) >= 11 is 0. The van der Waals surface area contributed by atoms with E-state index in [0.717, 1.165) is 6.54 Å². The van der Waals surface area contributed by atoms with Crippen LogP contribution in [0.5, 0.6) is 0 Å². The van der Waals surface area contributed by atoms with Crippen LogP contribution in [0.1, 0.15) is 24.8 Å². The highest BCUT2D eigenvalue weighted by molar-refractivity contribution is 5.52. The van der Waals surface area contributed by atoms with Gasteiger partial charge in [-0.05, 0) is 31.4 Å². The van der Waals surface area contributed by atoms with Crippen LogP contribution in [-0.4, -0.2) is 25.3 Å². The molecule has 88 valence electrons. The predicted molar refractivity (Wildman–Crippen MR) is 67.8 cm³/mol. The fourth-order valence-corrected chi connectivity index (χ4v) is 2.62. The number of anilines is 1. The van der Waals surface area contributed by atoms with Crippen LogP contribution >= 0.6 is 0 Å². The summed E-state index contributed by atoms with van der Waals surface area (Å²) in [5.74, 6) is 0. The zero-order valence-electron chi connectivity index (χ0n) is 10.2. The van der Waals surface area contributed by atoms with Crippen molar-refractivity contribution in [3.8, 4) is 0 Å². The summed E-state index contributed by atoms with van der Waals surface area (Å²) in [7, 11) is 2.12. The second-order valence-corrected chi connectivity index (χ2v) is 5.15. The lowest BCUT2D eigenvalue weighted by molar-refractivity contribution is 0.0524. The minimum absolute atomic E-state index is 0.164. The summed E-state index contributed by atoms with van der Waals surface area (Å²) in [6.07, 6.45) is 3.60. The molecule has 0 atom stereocenters. The van der Waals surface area contributed by atoms with Crippen LogP contribution in [0, 0.1) is 12.3 Å². The second-order valence-electron chi connectivity index (χ2n) is 5.15. The zero-order valence-corrected chi connectivity index (χ0v) is 10.2. The molecule has 1 N–H and O–H groups in total. The van der Waals surface area contributed by atoms with Gasteiger partial charge >= 0.3 is 0 Å². The number of nitrogens with zero attached hydrogens (tertiary/aromatic N) is 1. The fraction of sp³-hybridized carbons (Fsp3) is 0.571. The number of aliphatic hydroxyl groups is 1. The molecule has 2 nitrogen and oxygen atoms in total. The van der Waals surface area contributed by atoms with E-state index in [1.807, 2.05) is 0 Å². The van der Waals surface area contributed by atoms with Gasteiger partial charge in [-0.25, -0.2) is 0 Å². The number of para-hydroxylation sites is 1. The number of aliphatic hydroxyl groups excluding tert-OH is 1. The molecule has 1 aromatic carbocycles. The van der Waals surface area contributed by atoms with Crippen LogP contribution in [-0.2, 0) is 0 Å². The summed E-state index contributed by atoms with van der Waals surface area (Å²) in [5, 5.41) is 9.47. The Labute approximate surface area is 97.9 Å². The third-order valence-electron chi connectivity index (χ3n) is 3.85. The number of hydrogen-bond donors (Lipinski definition) is 1. The molecule has 16 heavy (non-hydrogen) atoms. The van der Waals surface area contributed by atoms with Crippen molar-refractivity contribution in [3.63, 3.8) is 0 Å². The van der Waals surface area contributed by atoms with Crippen molar-refractivity contribution >= 4 is 5.69 Å². The highest BCUT2D eigenvalue weighted by Gasteiger charge is 2.37. The minimum Gasteiger partial charge on any atom is -0.396 e. The van der Waals surface area contributed by atoms with Crippen molar-refractivity contribution in [2.24, 2.45) is 5.41 Å². The molecule has 0 amide bonds. The van der Waals surface area contributed by atoms with Gasteiger partial charge in [0.1, 0.15) is 0 Å². The Morgan fingerprint density at radius 1 is 1.31 bits per heavy atom. The smallest absolute Gasteiger partial charge is 0.0504 e. The Morgan fingerprint density at radius 2 is 2.00 bits per heavy atom. The lowest BCUT2D eigenvalue weighted by Gasteiger charge is -2.43. The van der Waals surface area contributed by atoms with Gasteiger partial charge in [0.25, 0.3) is 0 Å². The van der Waals surface area contributed by atoms with Crippen LogP contribution in [0.15, 0.2) is 24.3 Å². The molecule has 0 aliphatic heterocycles. The van der Waals surface area contributed by atoms with Crippen molar-refractivity contribution in [2.45, 2.75) is 26.2 Å². The van der Waals surface area contributed by atoms with E-state index in [0.29, 0.717) is 6.61 Å². The van der Waals surface area contributed by atoms with E-state index >= 15 is 0 Å². The number of rotatable bonds is 4. The van der Waals surface area contributed by atoms with Gasteiger partial charge in [0.2, 0.25) is 0 Å². The van der Waals surface area contributed by atoms with Crippen molar-refractivity contribution in [1.82, 2.24) is 0 Å². The van der Waals surface area contributed by atoms with Gasteiger partial charge in [-0.2, -0.15) is 0 Å². The van der Waals surface area contributed by atoms with Crippen molar-refractivity contribution in [3.05, 3.63) is 29.8 Å². The summed E-state index contributed by atoms with van der Waals surface area (Å²) < 4.78 is 0. The summed E-state index contributed by atoms with van der Waals surface area (Å²) in [4.78, 5) is 2.28. The maximum Gasteiger partial charge on any atom is 0.0504 e. The first kappa shape index (κ1) is 11.5. The normalized spacial score (nSPS) is 17.9. The van der Waals surface area contributed by atoms with E-state index in [2.05, 4.69) is 43.1 Å². The first-order chi connectivity index (χ1) is 7.67. The van der Waals surface area contributed by atoms with Gasteiger partial charge in [0.05, 0.1) is 6.61 Å². The summed E-state index contributed by atoms with van der Waals surface area (Å²) in [6, 6.07) is 8.43. The third kappa shape index (κ3) is 2.07. The van der Waals surface area contributed by atoms with Gasteiger partial charge in [0, 0.05) is 24.7 Å². The molecule has 2 heteroatoms. The standard InChI is InChI=1S/C14H21NO/c1-12-6-3-4-7-13(12)15(2)10-14(11-16)8-5-9-14/h3-4,6-7,16H,5,8-11H2,1-2H3. The monoisotopic (exact) mass is 219 g/mol. The molecule has 0 saturated heterocycles. The molecule has 1 saturated carbocycles. The first-order valence-corrected chi connectivity index (χ1v) is 6.04. The Kier molecular flexibility index (Phi) is 3.20. The minimum atomic E-state index is 0.164. The van der Waals surface area contributed by atoms with Crippen LogP contribution in [0.2, 0.25) is 0 Å². The highest BCUT2D eigenvalue weighted by atomic mass is 16.3. The molecule has 0 bridgehead atoms. The van der Waals surface area contributed by atoms with Gasteiger partial charge in [-0.3, -0.25) is 0 Å². The zero-order chi connectivity index (χ0) is 11.6. The Hall–Kier alpha value is -1.02. The molecule has 1 aliphatic rings. The molecule has 1 aliphatic carbocycles. The van der Waals surface area contributed by atoms with Gasteiger partial charge in [0.15, 0.2) is 0 Å². The highest BCUT2D eigenvalue weighted by Crippen LogP contribution is 2.41. The van der Waals surface area contributed by atoms with E-state index < -0.39 is 0 Å². The van der Waals surface area contributed by atoms with E-state index in [-0.39, 0.29) is 5.41 Å². The molecule has 0 spiro atoms. The quantitative estimate of drug-likeness (QED) is 0.841. The third-order valence-corrected chi connectivity index (χ3v) is 3.85. The molecule has 2 rings (SSSR count). The molecular weight excluding hydrogens is 198 g/mol. The molecule has 1 fully saturated rings. The Bertz CT molecular complexity index is 352. The van der Waals surface area contributed by atoms with E-state index in [1.54, 1.807) is 0 Å². The first-order valence-electron chi connectivity index (χ1n) is 6.04. The van der Waals surface area contributed by atoms with E-state index in [1.165, 1.54) is 30.5 Å². The number of benzene rings is 1. The van der Waals surface area contributed by atoms with Crippen LogP contribution < -0.4 is 4.90 Å². The average molecular weight is 219 g/mol. The van der Waals surface area contributed by atoms with E-state index in [9.17, 15) is 5.11 Å². The van der Waals surface area contributed by atoms with Crippen molar-refractivity contribution in [2.75, 3.05) is 25.1 Å². The summed E-state index contributed by atoms with van der Waals surface area (Å²) in [5.41, 5.74) is 2.75. The Balaban J connectivity index is 2.08. The maximum atomic E-state index is 9.47. The summed E-state index contributed by atoms with van der Waals surface area (Å²) in [6.45, 7) is 3.43. The molecular formula is C14H21NO. The Morgan fingerprint density at radius 3 is 2.50 bits per heavy atom. The topological polar surface area (TPSA) is 23.5 Å². The average Bonchev–Trinajstić information content (AvgIpc) is 2.24. The van der Waals surface area contributed by atoms with Gasteiger partial charge < -0.3 is 10.0 Å². The molecule has 0 unspecified atom stereocenters. The predicted octanol–water partition coefficient (Wildman–Crippen LogP) is 2.59. The second kappa shape index (κ2) is 4.46. The van der Waals surface area contributed by atoms with E-state index in [4.69, 9.17) is 0 Å².